The second-order valence-electron chi connectivity index (χ2n) is 4.10. The Balaban J connectivity index is 1.94. The summed E-state index contributed by atoms with van der Waals surface area (Å²) in [5.74, 6) is 5.98. The van der Waals surface area contributed by atoms with Crippen molar-refractivity contribution in [3.63, 3.8) is 0 Å². The van der Waals surface area contributed by atoms with Gasteiger partial charge in [-0.05, 0) is 45.8 Å². The van der Waals surface area contributed by atoms with E-state index >= 15 is 0 Å². The zero-order valence-corrected chi connectivity index (χ0v) is 12.6. The fourth-order valence-corrected chi connectivity index (χ4v) is 1.96. The summed E-state index contributed by atoms with van der Waals surface area (Å²) in [4.78, 5) is 14.3. The molecule has 0 atom stereocenters. The van der Waals surface area contributed by atoms with E-state index in [1.54, 1.807) is 18.3 Å². The molecular weight excluding hydrogens is 332 g/mol. The third-order valence-electron chi connectivity index (χ3n) is 2.61. The molecule has 0 radical (unpaired) electrons. The van der Waals surface area contributed by atoms with E-state index in [0.29, 0.717) is 6.54 Å². The normalized spacial score (nSPS) is 10.1. The van der Waals surface area contributed by atoms with Crippen molar-refractivity contribution in [3.05, 3.63) is 74.2 Å². The number of nitro benzene ring substituents is 1. The van der Waals surface area contributed by atoms with Crippen LogP contribution in [-0.4, -0.2) is 17.7 Å². The van der Waals surface area contributed by atoms with Gasteiger partial charge in [-0.1, -0.05) is 24.0 Å². The lowest BCUT2D eigenvalue weighted by molar-refractivity contribution is -0.384. The van der Waals surface area contributed by atoms with Gasteiger partial charge in [0.1, 0.15) is 6.54 Å². The molecule has 2 rings (SSSR count). The number of nitro groups is 1. The highest BCUT2D eigenvalue weighted by molar-refractivity contribution is 9.10. The number of hydrogen-bond acceptors (Lipinski definition) is 3. The van der Waals surface area contributed by atoms with Crippen LogP contribution in [0.15, 0.2) is 58.0 Å². The minimum Gasteiger partial charge on any atom is -0.280 e. The zero-order chi connectivity index (χ0) is 15.1. The number of rotatable bonds is 3. The summed E-state index contributed by atoms with van der Waals surface area (Å²) in [6.45, 7) is 0.373. The summed E-state index contributed by atoms with van der Waals surface area (Å²) >= 11 is 3.42. The molecule has 0 unspecified atom stereocenters. The van der Waals surface area contributed by atoms with Crippen LogP contribution in [0.25, 0.3) is 0 Å². The van der Waals surface area contributed by atoms with Crippen LogP contribution in [0.5, 0.6) is 0 Å². The third kappa shape index (κ3) is 4.55. The average Bonchev–Trinajstić information content (AvgIpc) is 2.49. The summed E-state index contributed by atoms with van der Waals surface area (Å²) in [5.41, 5.74) is 1.80. The molecule has 0 bridgehead atoms. The predicted molar refractivity (Wildman–Crippen MR) is 86.6 cm³/mol. The molecular formula is C16H11BrN2O2. The molecule has 104 valence electrons. The Hall–Kier alpha value is -2.45. The molecule has 0 N–H and O–H groups in total. The molecule has 0 amide bonds. The van der Waals surface area contributed by atoms with Crippen LogP contribution < -0.4 is 0 Å². The van der Waals surface area contributed by atoms with Crippen molar-refractivity contribution in [2.45, 2.75) is 0 Å². The number of halogens is 1. The highest BCUT2D eigenvalue weighted by Crippen LogP contribution is 2.14. The van der Waals surface area contributed by atoms with Gasteiger partial charge in [-0.3, -0.25) is 15.1 Å². The molecule has 0 spiro atoms. The summed E-state index contributed by atoms with van der Waals surface area (Å²) in [5, 5.41) is 10.5. The largest absolute Gasteiger partial charge is 0.280 e. The smallest absolute Gasteiger partial charge is 0.269 e. The van der Waals surface area contributed by atoms with E-state index in [1.165, 1.54) is 12.1 Å². The number of non-ortho nitro benzene ring substituents is 1. The molecule has 0 fully saturated rings. The molecule has 0 saturated carbocycles. The van der Waals surface area contributed by atoms with Crippen LogP contribution in [0.3, 0.4) is 0 Å². The van der Waals surface area contributed by atoms with Crippen molar-refractivity contribution in [3.8, 4) is 11.8 Å². The van der Waals surface area contributed by atoms with E-state index in [4.69, 9.17) is 0 Å². The molecule has 21 heavy (non-hydrogen) atoms. The topological polar surface area (TPSA) is 55.5 Å². The van der Waals surface area contributed by atoms with E-state index in [-0.39, 0.29) is 5.69 Å². The molecule has 0 saturated heterocycles. The lowest BCUT2D eigenvalue weighted by Gasteiger charge is -1.93. The first kappa shape index (κ1) is 14.9. The Morgan fingerprint density at radius 2 is 1.90 bits per heavy atom. The fraction of sp³-hybridized carbons (Fsp3) is 0.0625. The van der Waals surface area contributed by atoms with Gasteiger partial charge in [0.05, 0.1) is 4.92 Å². The number of hydrogen-bond donors (Lipinski definition) is 0. The van der Waals surface area contributed by atoms with Gasteiger partial charge in [-0.15, -0.1) is 0 Å². The van der Waals surface area contributed by atoms with Crippen molar-refractivity contribution in [2.24, 2.45) is 4.99 Å². The van der Waals surface area contributed by atoms with Crippen molar-refractivity contribution in [2.75, 3.05) is 6.54 Å². The average molecular weight is 343 g/mol. The van der Waals surface area contributed by atoms with Crippen LogP contribution in [0.1, 0.15) is 11.1 Å². The van der Waals surface area contributed by atoms with Gasteiger partial charge < -0.3 is 0 Å². The first-order valence-corrected chi connectivity index (χ1v) is 6.94. The van der Waals surface area contributed by atoms with E-state index < -0.39 is 4.92 Å². The van der Waals surface area contributed by atoms with E-state index in [0.717, 1.165) is 15.6 Å². The lowest BCUT2D eigenvalue weighted by Crippen LogP contribution is -1.88. The molecule has 4 nitrogen and oxygen atoms in total. The summed E-state index contributed by atoms with van der Waals surface area (Å²) in [6.07, 6.45) is 1.65. The standard InChI is InChI=1S/C16H11BrN2O2/c17-16-6-2-1-4-14(16)5-3-11-18-12-13-7-9-15(10-8-13)19(20)21/h1-2,4,6-10,12H,11H2/b18-12+. The Kier molecular flexibility index (Phi) is 5.24. The summed E-state index contributed by atoms with van der Waals surface area (Å²) in [6, 6.07) is 13.9. The van der Waals surface area contributed by atoms with Crippen LogP contribution in [0.4, 0.5) is 5.69 Å². The summed E-state index contributed by atoms with van der Waals surface area (Å²) in [7, 11) is 0. The molecule has 0 aliphatic carbocycles. The van der Waals surface area contributed by atoms with Crippen LogP contribution in [0, 0.1) is 22.0 Å². The second kappa shape index (κ2) is 7.36. The van der Waals surface area contributed by atoms with Crippen molar-refractivity contribution in [1.29, 1.82) is 0 Å². The molecule has 0 aromatic heterocycles. The predicted octanol–water partition coefficient (Wildman–Crippen LogP) is 3.83. The quantitative estimate of drug-likeness (QED) is 0.368. The number of aliphatic imine (C=N–C) groups is 1. The molecule has 0 heterocycles. The molecule has 2 aromatic carbocycles. The maximum atomic E-state index is 10.5. The van der Waals surface area contributed by atoms with Crippen molar-refractivity contribution >= 4 is 27.8 Å². The highest BCUT2D eigenvalue weighted by Gasteiger charge is 2.02. The van der Waals surface area contributed by atoms with Gasteiger partial charge in [-0.25, -0.2) is 0 Å². The molecule has 5 heteroatoms. The molecule has 2 aromatic rings. The number of benzene rings is 2. The van der Waals surface area contributed by atoms with E-state index in [2.05, 4.69) is 32.8 Å². The Labute approximate surface area is 130 Å². The summed E-state index contributed by atoms with van der Waals surface area (Å²) < 4.78 is 0.955. The van der Waals surface area contributed by atoms with Crippen LogP contribution in [-0.2, 0) is 0 Å². The minimum atomic E-state index is -0.426. The third-order valence-corrected chi connectivity index (χ3v) is 3.30. The lowest BCUT2D eigenvalue weighted by atomic mass is 10.2. The maximum Gasteiger partial charge on any atom is 0.269 e. The Bertz CT molecular complexity index is 728. The van der Waals surface area contributed by atoms with Gasteiger partial charge in [0.15, 0.2) is 0 Å². The van der Waals surface area contributed by atoms with Crippen molar-refractivity contribution < 1.29 is 4.92 Å². The van der Waals surface area contributed by atoms with E-state index in [1.807, 2.05) is 24.3 Å². The first-order valence-electron chi connectivity index (χ1n) is 6.14. The van der Waals surface area contributed by atoms with Gasteiger partial charge in [0, 0.05) is 28.4 Å². The fourth-order valence-electron chi connectivity index (χ4n) is 1.58. The van der Waals surface area contributed by atoms with E-state index in [9.17, 15) is 10.1 Å². The maximum absolute atomic E-state index is 10.5. The molecule has 0 aliphatic heterocycles. The van der Waals surface area contributed by atoms with Gasteiger partial charge in [0.25, 0.3) is 5.69 Å². The Morgan fingerprint density at radius 3 is 2.57 bits per heavy atom. The zero-order valence-electron chi connectivity index (χ0n) is 11.0. The van der Waals surface area contributed by atoms with Gasteiger partial charge in [-0.2, -0.15) is 0 Å². The van der Waals surface area contributed by atoms with Crippen LogP contribution >= 0.6 is 15.9 Å². The SMILES string of the molecule is O=[N+]([O-])c1ccc(/C=N/CC#Cc2ccccc2Br)cc1. The number of nitrogens with zero attached hydrogens (tertiary/aromatic N) is 2. The monoisotopic (exact) mass is 342 g/mol. The van der Waals surface area contributed by atoms with Gasteiger partial charge in [0.2, 0.25) is 0 Å². The van der Waals surface area contributed by atoms with Gasteiger partial charge >= 0.3 is 0 Å². The first-order chi connectivity index (χ1) is 10.2. The van der Waals surface area contributed by atoms with Crippen LogP contribution in [0.2, 0.25) is 0 Å². The minimum absolute atomic E-state index is 0.0702. The Morgan fingerprint density at radius 1 is 1.19 bits per heavy atom. The molecule has 0 aliphatic rings. The highest BCUT2D eigenvalue weighted by atomic mass is 79.9. The second-order valence-corrected chi connectivity index (χ2v) is 4.95. The van der Waals surface area contributed by atoms with Crippen molar-refractivity contribution in [1.82, 2.24) is 0 Å².